The summed E-state index contributed by atoms with van der Waals surface area (Å²) in [4.78, 5) is 15.3. The van der Waals surface area contributed by atoms with Crippen LogP contribution in [0.5, 0.6) is 0 Å². The highest BCUT2D eigenvalue weighted by Crippen LogP contribution is 2.21. The zero-order valence-corrected chi connectivity index (χ0v) is 12.3. The van der Waals surface area contributed by atoms with Crippen LogP contribution in [0.3, 0.4) is 0 Å². The molecule has 2 aromatic heterocycles. The van der Waals surface area contributed by atoms with Crippen molar-refractivity contribution >= 4 is 23.1 Å². The summed E-state index contributed by atoms with van der Waals surface area (Å²) in [6.45, 7) is 4.85. The molecule has 0 saturated carbocycles. The van der Waals surface area contributed by atoms with Crippen LogP contribution in [0.15, 0.2) is 23.6 Å². The van der Waals surface area contributed by atoms with Gasteiger partial charge in [-0.1, -0.05) is 6.07 Å². The Balaban J connectivity index is 1.59. The van der Waals surface area contributed by atoms with Gasteiger partial charge in [-0.3, -0.25) is 4.79 Å². The number of rotatable bonds is 4. The zero-order chi connectivity index (χ0) is 13.9. The molecular formula is C14H18N4OS. The Kier molecular flexibility index (Phi) is 3.73. The normalized spacial score (nSPS) is 14.2. The molecule has 1 N–H and O–H groups in total. The first kappa shape index (κ1) is 13.2. The van der Waals surface area contributed by atoms with Crippen molar-refractivity contribution in [2.45, 2.75) is 26.4 Å². The zero-order valence-electron chi connectivity index (χ0n) is 11.5. The van der Waals surface area contributed by atoms with E-state index >= 15 is 0 Å². The third kappa shape index (κ3) is 2.85. The lowest BCUT2D eigenvalue weighted by Crippen LogP contribution is -2.40. The molecule has 20 heavy (non-hydrogen) atoms. The molecule has 3 heterocycles. The molecule has 0 fully saturated rings. The van der Waals surface area contributed by atoms with Crippen molar-refractivity contribution in [1.29, 1.82) is 0 Å². The van der Waals surface area contributed by atoms with E-state index in [4.69, 9.17) is 0 Å². The summed E-state index contributed by atoms with van der Waals surface area (Å²) in [5.74, 6) is 1.12. The van der Waals surface area contributed by atoms with E-state index in [-0.39, 0.29) is 5.91 Å². The Morgan fingerprint density at radius 1 is 1.50 bits per heavy atom. The van der Waals surface area contributed by atoms with Crippen LogP contribution in [-0.4, -0.2) is 28.8 Å². The van der Waals surface area contributed by atoms with Crippen LogP contribution in [0.4, 0.5) is 5.82 Å². The molecule has 6 heteroatoms. The number of amides is 1. The average molecular weight is 290 g/mol. The van der Waals surface area contributed by atoms with Crippen LogP contribution in [0.2, 0.25) is 0 Å². The SMILES string of the molecule is Cc1cc2n(n1)CCCN2CC(=O)NCc1cccs1. The molecule has 0 atom stereocenters. The number of anilines is 1. The summed E-state index contributed by atoms with van der Waals surface area (Å²) in [5, 5.41) is 9.43. The number of carbonyl (C=O) groups excluding carboxylic acids is 1. The number of aryl methyl sites for hydroxylation is 2. The van der Waals surface area contributed by atoms with Crippen molar-refractivity contribution in [2.75, 3.05) is 18.0 Å². The van der Waals surface area contributed by atoms with E-state index in [9.17, 15) is 4.79 Å². The van der Waals surface area contributed by atoms with Gasteiger partial charge in [-0.25, -0.2) is 4.68 Å². The number of aromatic nitrogens is 2. The Labute approximate surface area is 122 Å². The fourth-order valence-corrected chi connectivity index (χ4v) is 3.11. The second kappa shape index (κ2) is 5.66. The molecule has 106 valence electrons. The number of nitrogens with zero attached hydrogens (tertiary/aromatic N) is 3. The summed E-state index contributed by atoms with van der Waals surface area (Å²) < 4.78 is 1.99. The minimum atomic E-state index is 0.0608. The van der Waals surface area contributed by atoms with Crippen LogP contribution in [0.1, 0.15) is 17.0 Å². The lowest BCUT2D eigenvalue weighted by molar-refractivity contribution is -0.119. The van der Waals surface area contributed by atoms with Gasteiger partial charge in [-0.15, -0.1) is 11.3 Å². The lowest BCUT2D eigenvalue weighted by atomic mass is 10.3. The van der Waals surface area contributed by atoms with Crippen LogP contribution in [0.25, 0.3) is 0 Å². The standard InChI is InChI=1S/C14H18N4OS/c1-11-8-14-17(5-3-6-18(14)16-11)10-13(19)15-9-12-4-2-7-20-12/h2,4,7-8H,3,5-6,9-10H2,1H3,(H,15,19). The van der Waals surface area contributed by atoms with E-state index in [0.29, 0.717) is 13.1 Å². The van der Waals surface area contributed by atoms with E-state index in [2.05, 4.69) is 15.3 Å². The summed E-state index contributed by atoms with van der Waals surface area (Å²) in [6, 6.07) is 6.08. The maximum absolute atomic E-state index is 12.0. The molecule has 2 aromatic rings. The van der Waals surface area contributed by atoms with Gasteiger partial charge in [0.15, 0.2) is 0 Å². The van der Waals surface area contributed by atoms with Gasteiger partial charge in [-0.05, 0) is 24.8 Å². The number of fused-ring (bicyclic) bond motifs is 1. The molecule has 3 rings (SSSR count). The van der Waals surface area contributed by atoms with E-state index in [1.807, 2.05) is 35.2 Å². The molecule has 0 unspecified atom stereocenters. The van der Waals surface area contributed by atoms with Crippen molar-refractivity contribution in [3.05, 3.63) is 34.2 Å². The van der Waals surface area contributed by atoms with Gasteiger partial charge >= 0.3 is 0 Å². The maximum Gasteiger partial charge on any atom is 0.239 e. The Bertz CT molecular complexity index is 590. The Morgan fingerprint density at radius 2 is 2.40 bits per heavy atom. The van der Waals surface area contributed by atoms with Gasteiger partial charge in [0.05, 0.1) is 18.8 Å². The molecule has 0 bridgehead atoms. The predicted octanol–water partition coefficient (Wildman–Crippen LogP) is 1.78. The quantitative estimate of drug-likeness (QED) is 0.934. The van der Waals surface area contributed by atoms with E-state index in [1.165, 1.54) is 4.88 Å². The van der Waals surface area contributed by atoms with Gasteiger partial charge < -0.3 is 10.2 Å². The molecule has 5 nitrogen and oxygen atoms in total. The topological polar surface area (TPSA) is 50.2 Å². The molecule has 0 radical (unpaired) electrons. The van der Waals surface area contributed by atoms with Crippen molar-refractivity contribution in [2.24, 2.45) is 0 Å². The molecule has 1 amide bonds. The second-order valence-corrected chi connectivity index (χ2v) is 6.03. The highest BCUT2D eigenvalue weighted by atomic mass is 32.1. The molecule has 0 spiro atoms. The monoisotopic (exact) mass is 290 g/mol. The molecule has 0 aliphatic carbocycles. The van der Waals surface area contributed by atoms with Gasteiger partial charge in [-0.2, -0.15) is 5.10 Å². The number of thiophene rings is 1. The fourth-order valence-electron chi connectivity index (χ4n) is 2.46. The molecule has 1 aliphatic rings. The van der Waals surface area contributed by atoms with Gasteiger partial charge in [0.2, 0.25) is 5.91 Å². The maximum atomic E-state index is 12.0. The highest BCUT2D eigenvalue weighted by molar-refractivity contribution is 7.09. The van der Waals surface area contributed by atoms with Crippen LogP contribution >= 0.6 is 11.3 Å². The van der Waals surface area contributed by atoms with Crippen LogP contribution in [-0.2, 0) is 17.9 Å². The molecule has 1 aliphatic heterocycles. The first-order chi connectivity index (χ1) is 9.72. The largest absolute Gasteiger partial charge is 0.350 e. The minimum absolute atomic E-state index is 0.0608. The van der Waals surface area contributed by atoms with Gasteiger partial charge in [0.25, 0.3) is 0 Å². The van der Waals surface area contributed by atoms with E-state index in [0.717, 1.165) is 31.0 Å². The fraction of sp³-hybridized carbons (Fsp3) is 0.429. The Morgan fingerprint density at radius 3 is 3.20 bits per heavy atom. The van der Waals surface area contributed by atoms with E-state index in [1.54, 1.807) is 11.3 Å². The summed E-state index contributed by atoms with van der Waals surface area (Å²) in [6.07, 6.45) is 1.03. The molecule has 0 aromatic carbocycles. The summed E-state index contributed by atoms with van der Waals surface area (Å²) in [5.41, 5.74) is 1.01. The average Bonchev–Trinajstić information content (AvgIpc) is 3.05. The third-order valence-corrected chi connectivity index (χ3v) is 4.25. The van der Waals surface area contributed by atoms with Crippen molar-refractivity contribution in [3.8, 4) is 0 Å². The van der Waals surface area contributed by atoms with Crippen LogP contribution in [0, 0.1) is 6.92 Å². The second-order valence-electron chi connectivity index (χ2n) is 5.00. The summed E-state index contributed by atoms with van der Waals surface area (Å²) >= 11 is 1.66. The van der Waals surface area contributed by atoms with Crippen LogP contribution < -0.4 is 10.2 Å². The predicted molar refractivity (Wildman–Crippen MR) is 80.0 cm³/mol. The first-order valence-corrected chi connectivity index (χ1v) is 7.69. The third-order valence-electron chi connectivity index (χ3n) is 3.38. The van der Waals surface area contributed by atoms with Crippen molar-refractivity contribution < 1.29 is 4.79 Å². The number of hydrogen-bond acceptors (Lipinski definition) is 4. The molecule has 0 saturated heterocycles. The van der Waals surface area contributed by atoms with E-state index < -0.39 is 0 Å². The first-order valence-electron chi connectivity index (χ1n) is 6.81. The smallest absolute Gasteiger partial charge is 0.239 e. The summed E-state index contributed by atoms with van der Waals surface area (Å²) in [7, 11) is 0. The number of hydrogen-bond donors (Lipinski definition) is 1. The Hall–Kier alpha value is -1.82. The number of nitrogens with one attached hydrogen (secondary N) is 1. The lowest BCUT2D eigenvalue weighted by Gasteiger charge is -2.28. The van der Waals surface area contributed by atoms with Gasteiger partial charge in [0, 0.05) is 24.0 Å². The minimum Gasteiger partial charge on any atom is -0.350 e. The van der Waals surface area contributed by atoms with Crippen molar-refractivity contribution in [3.63, 3.8) is 0 Å². The van der Waals surface area contributed by atoms with Crippen molar-refractivity contribution in [1.82, 2.24) is 15.1 Å². The van der Waals surface area contributed by atoms with Gasteiger partial charge in [0.1, 0.15) is 5.82 Å². The molecular weight excluding hydrogens is 272 g/mol. The number of carbonyl (C=O) groups is 1. The highest BCUT2D eigenvalue weighted by Gasteiger charge is 2.20.